The molecule has 0 amide bonds. The summed E-state index contributed by atoms with van der Waals surface area (Å²) in [6, 6.07) is 13.0. The molecule has 0 saturated carbocycles. The first-order chi connectivity index (χ1) is 13.8. The minimum absolute atomic E-state index is 0.214. The summed E-state index contributed by atoms with van der Waals surface area (Å²) in [6.45, 7) is 11.4. The molecule has 0 spiro atoms. The number of imidazole rings is 2. The van der Waals surface area contributed by atoms with E-state index in [1.165, 1.54) is 50.1 Å². The molecule has 1 aliphatic heterocycles. The Morgan fingerprint density at radius 3 is 2.48 bits per heavy atom. The summed E-state index contributed by atoms with van der Waals surface area (Å²) in [5, 5.41) is 0. The number of rotatable bonds is 0. The molecule has 0 bridgehead atoms. The average Bonchev–Trinajstić information content (AvgIpc) is 3.19. The highest BCUT2D eigenvalue weighted by Crippen LogP contribution is 2.48. The number of benzene rings is 2. The summed E-state index contributed by atoms with van der Waals surface area (Å²) in [7, 11) is 2.18. The smallest absolute Gasteiger partial charge is 0.220 e. The van der Waals surface area contributed by atoms with Crippen LogP contribution >= 0.6 is 0 Å². The Hall–Kier alpha value is -3.14. The molecule has 144 valence electrons. The number of pyridine rings is 1. The van der Waals surface area contributed by atoms with E-state index in [9.17, 15) is 0 Å². The molecule has 4 nitrogen and oxygen atoms in total. The van der Waals surface area contributed by atoms with E-state index in [1.807, 2.05) is 0 Å². The lowest BCUT2D eigenvalue weighted by molar-refractivity contribution is -0.661. The van der Waals surface area contributed by atoms with Crippen molar-refractivity contribution in [1.82, 2.24) is 14.0 Å². The van der Waals surface area contributed by atoms with Crippen LogP contribution in [0, 0.1) is 20.8 Å². The van der Waals surface area contributed by atoms with E-state index in [1.54, 1.807) is 0 Å². The molecule has 0 fully saturated rings. The molecular weight excluding hydrogens is 356 g/mol. The van der Waals surface area contributed by atoms with Gasteiger partial charge in [0.2, 0.25) is 11.5 Å². The fourth-order valence-corrected chi connectivity index (χ4v) is 5.58. The lowest BCUT2D eigenvalue weighted by Gasteiger charge is -2.35. The van der Waals surface area contributed by atoms with Crippen molar-refractivity contribution in [2.24, 2.45) is 7.05 Å². The highest BCUT2D eigenvalue weighted by atomic mass is 15.2. The molecule has 29 heavy (non-hydrogen) atoms. The van der Waals surface area contributed by atoms with Gasteiger partial charge in [-0.2, -0.15) is 0 Å². The second-order valence-corrected chi connectivity index (χ2v) is 9.03. The largest absolute Gasteiger partial charge is 0.299 e. The molecule has 0 unspecified atom stereocenters. The van der Waals surface area contributed by atoms with Crippen molar-refractivity contribution in [3.05, 3.63) is 64.8 Å². The van der Waals surface area contributed by atoms with Crippen LogP contribution in [0.2, 0.25) is 0 Å². The maximum atomic E-state index is 5.09. The third-order valence-electron chi connectivity index (χ3n) is 6.92. The Morgan fingerprint density at radius 1 is 0.931 bits per heavy atom. The number of nitrogens with zero attached hydrogens (tertiary/aromatic N) is 4. The first kappa shape index (κ1) is 16.8. The minimum Gasteiger partial charge on any atom is -0.299 e. The highest BCUT2D eigenvalue weighted by molar-refractivity contribution is 6.01. The Bertz CT molecular complexity index is 1510. The van der Waals surface area contributed by atoms with Crippen LogP contribution in [0.15, 0.2) is 42.6 Å². The maximum absolute atomic E-state index is 5.09. The van der Waals surface area contributed by atoms with Gasteiger partial charge in [-0.05, 0) is 63.9 Å². The summed E-state index contributed by atoms with van der Waals surface area (Å²) in [4.78, 5) is 5.09. The minimum atomic E-state index is -0.214. The van der Waals surface area contributed by atoms with E-state index in [0.29, 0.717) is 0 Å². The number of para-hydroxylation sites is 2. The predicted octanol–water partition coefficient (Wildman–Crippen LogP) is 4.96. The fourth-order valence-electron chi connectivity index (χ4n) is 5.58. The van der Waals surface area contributed by atoms with Gasteiger partial charge in [-0.25, -0.2) is 9.55 Å². The number of fused-ring (bicyclic) bond motifs is 7. The van der Waals surface area contributed by atoms with Crippen LogP contribution in [0.25, 0.3) is 39.1 Å². The molecule has 0 N–H and O–H groups in total. The van der Waals surface area contributed by atoms with Gasteiger partial charge < -0.3 is 0 Å². The maximum Gasteiger partial charge on any atom is 0.220 e. The van der Waals surface area contributed by atoms with Gasteiger partial charge >= 0.3 is 0 Å². The first-order valence-corrected chi connectivity index (χ1v) is 10.2. The molecule has 1 aliphatic rings. The van der Waals surface area contributed by atoms with E-state index in [4.69, 9.17) is 4.98 Å². The number of aryl methyl sites for hydroxylation is 3. The summed E-state index contributed by atoms with van der Waals surface area (Å²) in [5.74, 6) is 1.02. The zero-order chi connectivity index (χ0) is 20.2. The third-order valence-corrected chi connectivity index (χ3v) is 6.92. The van der Waals surface area contributed by atoms with Crippen molar-refractivity contribution in [2.75, 3.05) is 0 Å². The van der Waals surface area contributed by atoms with Gasteiger partial charge in [-0.1, -0.05) is 18.2 Å². The molecule has 0 saturated heterocycles. The number of hydrogen-bond acceptors (Lipinski definition) is 1. The van der Waals surface area contributed by atoms with Crippen molar-refractivity contribution in [3.8, 4) is 11.3 Å². The topological polar surface area (TPSA) is 26.1 Å². The van der Waals surface area contributed by atoms with Crippen LogP contribution in [-0.2, 0) is 12.6 Å². The normalized spacial score (nSPS) is 14.8. The van der Waals surface area contributed by atoms with Crippen LogP contribution in [0.3, 0.4) is 0 Å². The molecule has 5 aromatic rings. The predicted molar refractivity (Wildman–Crippen MR) is 117 cm³/mol. The van der Waals surface area contributed by atoms with Gasteiger partial charge in [-0.15, -0.1) is 0 Å². The van der Waals surface area contributed by atoms with Crippen molar-refractivity contribution in [1.29, 1.82) is 0 Å². The third kappa shape index (κ3) is 1.80. The monoisotopic (exact) mass is 381 g/mol. The fraction of sp³-hybridized carbons (Fsp3) is 0.280. The summed E-state index contributed by atoms with van der Waals surface area (Å²) in [6.07, 6.45) is 2.27. The van der Waals surface area contributed by atoms with Crippen molar-refractivity contribution < 1.29 is 4.57 Å². The highest BCUT2D eigenvalue weighted by Gasteiger charge is 2.42. The average molecular weight is 382 g/mol. The van der Waals surface area contributed by atoms with Crippen molar-refractivity contribution in [3.63, 3.8) is 0 Å². The molecule has 6 rings (SSSR count). The van der Waals surface area contributed by atoms with Crippen LogP contribution < -0.4 is 4.57 Å². The van der Waals surface area contributed by atoms with E-state index >= 15 is 0 Å². The lowest BCUT2D eigenvalue weighted by atomic mass is 9.81. The van der Waals surface area contributed by atoms with Gasteiger partial charge in [0.05, 0.1) is 38.7 Å². The van der Waals surface area contributed by atoms with Crippen LogP contribution in [0.4, 0.5) is 0 Å². The van der Waals surface area contributed by atoms with Gasteiger partial charge in [0.25, 0.3) is 0 Å². The SMILES string of the molecule is Cc1c[n+](C)c2c(c1C)C(C)(C)n1c3c-2c(C)ccc3n2c3ccccc3nc12. The zero-order valence-corrected chi connectivity index (χ0v) is 17.8. The summed E-state index contributed by atoms with van der Waals surface area (Å²) >= 11 is 0. The standard InChI is InChI=1S/C25H25N4/c1-14-11-12-19-22-20(14)23-21(16(3)15(2)13-27(23)6)25(4,5)29(22)24-26-17-9-7-8-10-18(17)28(19)24/h7-13H,1-6H3/q+1. The Labute approximate surface area is 170 Å². The molecule has 0 aliphatic carbocycles. The summed E-state index contributed by atoms with van der Waals surface area (Å²) < 4.78 is 7.13. The van der Waals surface area contributed by atoms with E-state index < -0.39 is 0 Å². The quantitative estimate of drug-likeness (QED) is 0.348. The van der Waals surface area contributed by atoms with Crippen LogP contribution in [0.1, 0.15) is 36.1 Å². The van der Waals surface area contributed by atoms with Crippen LogP contribution in [0.5, 0.6) is 0 Å². The van der Waals surface area contributed by atoms with Gasteiger partial charge in [0, 0.05) is 5.56 Å². The molecule has 4 heteroatoms. The lowest BCUT2D eigenvalue weighted by Crippen LogP contribution is -2.41. The summed E-state index contributed by atoms with van der Waals surface area (Å²) in [5.41, 5.74) is 12.6. The van der Waals surface area contributed by atoms with Gasteiger partial charge in [0.15, 0.2) is 6.20 Å². The second kappa shape index (κ2) is 5.07. The molecular formula is C25H25N4+. The Balaban J connectivity index is 1.97. The molecule has 2 aromatic carbocycles. The van der Waals surface area contributed by atoms with Crippen molar-refractivity contribution in [2.45, 2.75) is 40.2 Å². The molecule has 0 radical (unpaired) electrons. The zero-order valence-electron chi connectivity index (χ0n) is 17.8. The molecule has 0 atom stereocenters. The second-order valence-electron chi connectivity index (χ2n) is 9.03. The Morgan fingerprint density at radius 2 is 1.69 bits per heavy atom. The Kier molecular flexibility index (Phi) is 2.93. The van der Waals surface area contributed by atoms with E-state index in [2.05, 4.69) is 97.8 Å². The molecule has 3 aromatic heterocycles. The number of aromatic nitrogens is 4. The first-order valence-electron chi connectivity index (χ1n) is 10.2. The van der Waals surface area contributed by atoms with Gasteiger partial charge in [0.1, 0.15) is 7.05 Å². The van der Waals surface area contributed by atoms with Crippen molar-refractivity contribution >= 4 is 27.8 Å². The van der Waals surface area contributed by atoms with E-state index in [-0.39, 0.29) is 5.54 Å². The van der Waals surface area contributed by atoms with Gasteiger partial charge in [-0.3, -0.25) is 8.97 Å². The molecule has 4 heterocycles. The number of hydrogen-bond donors (Lipinski definition) is 0. The van der Waals surface area contributed by atoms with E-state index in [0.717, 1.165) is 11.3 Å². The van der Waals surface area contributed by atoms with Crippen LogP contribution in [-0.4, -0.2) is 14.0 Å².